The van der Waals surface area contributed by atoms with E-state index in [2.05, 4.69) is 9.97 Å². The number of benzene rings is 1. The summed E-state index contributed by atoms with van der Waals surface area (Å²) in [6.45, 7) is 0.833. The molecule has 9 heteroatoms. The van der Waals surface area contributed by atoms with Crippen LogP contribution in [-0.2, 0) is 6.18 Å². The Morgan fingerprint density at radius 1 is 1.25 bits per heavy atom. The fourth-order valence-corrected chi connectivity index (χ4v) is 3.47. The second-order valence-corrected chi connectivity index (χ2v) is 6.49. The molecule has 1 aliphatic heterocycles. The lowest BCUT2D eigenvalue weighted by Gasteiger charge is -2.28. The molecule has 0 atom stereocenters. The Labute approximate surface area is 157 Å². The summed E-state index contributed by atoms with van der Waals surface area (Å²) in [6, 6.07) is 6.46. The Bertz CT molecular complexity index is 1090. The number of aromatic nitrogens is 2. The highest BCUT2D eigenvalue weighted by Crippen LogP contribution is 2.38. The predicted octanol–water partition coefficient (Wildman–Crippen LogP) is 4.78. The second-order valence-electron chi connectivity index (χ2n) is 6.49. The van der Waals surface area contributed by atoms with Crippen molar-refractivity contribution in [2.75, 3.05) is 18.0 Å². The predicted molar refractivity (Wildman–Crippen MR) is 99.0 cm³/mol. The van der Waals surface area contributed by atoms with Gasteiger partial charge in [-0.25, -0.2) is 4.98 Å². The first-order chi connectivity index (χ1) is 13.3. The molecule has 1 N–H and O–H groups in total. The third-order valence-corrected chi connectivity index (χ3v) is 4.85. The molecule has 1 aliphatic rings. The van der Waals surface area contributed by atoms with Crippen molar-refractivity contribution in [3.05, 3.63) is 70.0 Å². The maximum Gasteiger partial charge on any atom is 0.416 e. The molecule has 28 heavy (non-hydrogen) atoms. The quantitative estimate of drug-likeness (QED) is 0.517. The van der Waals surface area contributed by atoms with E-state index in [0.29, 0.717) is 25.6 Å². The number of alkyl halides is 3. The van der Waals surface area contributed by atoms with Gasteiger partial charge in [-0.2, -0.15) is 13.2 Å². The minimum atomic E-state index is -4.62. The van der Waals surface area contributed by atoms with Crippen LogP contribution in [0.25, 0.3) is 16.6 Å². The lowest BCUT2D eigenvalue weighted by atomic mass is 9.99. The number of nitrogens with one attached hydrogen (secondary N) is 1. The number of fused-ring (bicyclic) bond motifs is 1. The van der Waals surface area contributed by atoms with E-state index in [1.54, 1.807) is 11.1 Å². The molecule has 3 aromatic rings. The fourth-order valence-electron chi connectivity index (χ4n) is 3.47. The van der Waals surface area contributed by atoms with Crippen molar-refractivity contribution in [3.8, 4) is 0 Å². The van der Waals surface area contributed by atoms with E-state index in [0.717, 1.165) is 28.2 Å². The number of nitro groups is 1. The number of nitrogens with zero attached hydrogens (tertiary/aromatic N) is 3. The lowest BCUT2D eigenvalue weighted by molar-refractivity contribution is -0.384. The van der Waals surface area contributed by atoms with Crippen molar-refractivity contribution < 1.29 is 18.1 Å². The van der Waals surface area contributed by atoms with Gasteiger partial charge in [-0.3, -0.25) is 10.1 Å². The zero-order chi connectivity index (χ0) is 19.9. The number of hydrogen-bond acceptors (Lipinski definition) is 4. The molecule has 3 heterocycles. The molecule has 0 spiro atoms. The molecule has 0 amide bonds. The van der Waals surface area contributed by atoms with Crippen molar-refractivity contribution in [2.24, 2.45) is 0 Å². The lowest BCUT2D eigenvalue weighted by Crippen LogP contribution is -2.29. The Hall–Kier alpha value is -3.36. The average molecular weight is 388 g/mol. The first-order valence-electron chi connectivity index (χ1n) is 8.56. The monoisotopic (exact) mass is 388 g/mol. The molecular formula is C19H15F3N4O2. The Morgan fingerprint density at radius 3 is 2.75 bits per heavy atom. The second kappa shape index (κ2) is 6.66. The number of aromatic amines is 1. The van der Waals surface area contributed by atoms with E-state index in [-0.39, 0.29) is 5.69 Å². The van der Waals surface area contributed by atoms with Crippen LogP contribution in [0.3, 0.4) is 0 Å². The molecule has 0 saturated heterocycles. The van der Waals surface area contributed by atoms with Crippen LogP contribution < -0.4 is 4.90 Å². The summed E-state index contributed by atoms with van der Waals surface area (Å²) in [7, 11) is 0. The number of halogens is 3. The maximum absolute atomic E-state index is 12.9. The Balaban J connectivity index is 1.64. The van der Waals surface area contributed by atoms with Gasteiger partial charge in [0.2, 0.25) is 0 Å². The minimum absolute atomic E-state index is 0.189. The van der Waals surface area contributed by atoms with E-state index in [4.69, 9.17) is 0 Å². The molecule has 0 bridgehead atoms. The molecular weight excluding hydrogens is 373 g/mol. The summed E-state index contributed by atoms with van der Waals surface area (Å²) in [6.07, 6.45) is 1.51. The summed E-state index contributed by atoms with van der Waals surface area (Å²) in [4.78, 5) is 19.6. The van der Waals surface area contributed by atoms with Gasteiger partial charge in [-0.15, -0.1) is 0 Å². The van der Waals surface area contributed by atoms with Gasteiger partial charge in [0.25, 0.3) is 5.69 Å². The van der Waals surface area contributed by atoms with Crippen molar-refractivity contribution in [2.45, 2.75) is 12.6 Å². The van der Waals surface area contributed by atoms with E-state index in [9.17, 15) is 23.3 Å². The summed E-state index contributed by atoms with van der Waals surface area (Å²) >= 11 is 0. The summed E-state index contributed by atoms with van der Waals surface area (Å²) in [5.74, 6) is 0. The van der Waals surface area contributed by atoms with Gasteiger partial charge in [0.1, 0.15) is 11.3 Å². The number of pyridine rings is 1. The van der Waals surface area contributed by atoms with Crippen LogP contribution in [-0.4, -0.2) is 28.0 Å². The molecule has 0 radical (unpaired) electrons. The van der Waals surface area contributed by atoms with Crippen LogP contribution in [0.15, 0.2) is 48.8 Å². The van der Waals surface area contributed by atoms with Crippen LogP contribution in [0.2, 0.25) is 0 Å². The number of H-pyrrole nitrogens is 1. The molecule has 144 valence electrons. The van der Waals surface area contributed by atoms with Crippen LogP contribution in [0, 0.1) is 10.1 Å². The fraction of sp³-hybridized carbons (Fsp3) is 0.211. The van der Waals surface area contributed by atoms with Crippen LogP contribution in [0.1, 0.15) is 17.5 Å². The smallest absolute Gasteiger partial charge is 0.362 e. The molecule has 0 aliphatic carbocycles. The standard InChI is InChI=1S/C19H15F3N4O2/c20-19(21,22)13-3-4-16(17(10-13)26(27)28)25-8-5-12(6-9-25)15-11-24-18-14(15)2-1-7-23-18/h1-5,7,10-11H,6,8-9H2,(H,23,24). The maximum atomic E-state index is 12.9. The molecule has 0 unspecified atom stereocenters. The topological polar surface area (TPSA) is 75.1 Å². The van der Waals surface area contributed by atoms with E-state index in [1.807, 2.05) is 24.4 Å². The average Bonchev–Trinajstić information content (AvgIpc) is 3.11. The van der Waals surface area contributed by atoms with E-state index >= 15 is 0 Å². The number of nitro benzene ring substituents is 1. The SMILES string of the molecule is O=[N+]([O-])c1cc(C(F)(F)F)ccc1N1CC=C(c2c[nH]c3ncccc23)CC1. The summed E-state index contributed by atoms with van der Waals surface area (Å²) < 4.78 is 38.7. The van der Waals surface area contributed by atoms with Gasteiger partial charge < -0.3 is 9.88 Å². The van der Waals surface area contributed by atoms with Crippen LogP contribution in [0.5, 0.6) is 0 Å². The third-order valence-electron chi connectivity index (χ3n) is 4.85. The highest BCUT2D eigenvalue weighted by molar-refractivity contribution is 5.91. The molecule has 0 saturated carbocycles. The van der Waals surface area contributed by atoms with Gasteiger partial charge in [0.15, 0.2) is 0 Å². The van der Waals surface area contributed by atoms with Gasteiger partial charge >= 0.3 is 6.18 Å². The van der Waals surface area contributed by atoms with Crippen molar-refractivity contribution in [1.82, 2.24) is 9.97 Å². The van der Waals surface area contributed by atoms with E-state index in [1.165, 1.54) is 6.07 Å². The molecule has 6 nitrogen and oxygen atoms in total. The van der Waals surface area contributed by atoms with Crippen molar-refractivity contribution >= 4 is 28.0 Å². The molecule has 2 aromatic heterocycles. The Kier molecular flexibility index (Phi) is 4.29. The van der Waals surface area contributed by atoms with Gasteiger partial charge in [0, 0.05) is 42.5 Å². The number of rotatable bonds is 3. The Morgan fingerprint density at radius 2 is 2.07 bits per heavy atom. The minimum Gasteiger partial charge on any atom is -0.362 e. The molecule has 1 aromatic carbocycles. The molecule has 4 rings (SSSR count). The largest absolute Gasteiger partial charge is 0.416 e. The first kappa shape index (κ1) is 18.0. The zero-order valence-corrected chi connectivity index (χ0v) is 14.5. The van der Waals surface area contributed by atoms with Crippen LogP contribution in [0.4, 0.5) is 24.5 Å². The van der Waals surface area contributed by atoms with Gasteiger partial charge in [-0.1, -0.05) is 6.08 Å². The highest BCUT2D eigenvalue weighted by Gasteiger charge is 2.34. The highest BCUT2D eigenvalue weighted by atomic mass is 19.4. The van der Waals surface area contributed by atoms with E-state index < -0.39 is 22.4 Å². The van der Waals surface area contributed by atoms with Crippen molar-refractivity contribution in [3.63, 3.8) is 0 Å². The number of hydrogen-bond donors (Lipinski definition) is 1. The number of anilines is 1. The van der Waals surface area contributed by atoms with Crippen LogP contribution >= 0.6 is 0 Å². The zero-order valence-electron chi connectivity index (χ0n) is 14.5. The molecule has 0 fully saturated rings. The normalized spacial score (nSPS) is 15.0. The third kappa shape index (κ3) is 3.19. The summed E-state index contributed by atoms with van der Waals surface area (Å²) in [5.41, 5.74) is 1.49. The van der Waals surface area contributed by atoms with Crippen molar-refractivity contribution in [1.29, 1.82) is 0 Å². The summed E-state index contributed by atoms with van der Waals surface area (Å²) in [5, 5.41) is 12.3. The van der Waals surface area contributed by atoms with Gasteiger partial charge in [-0.05, 0) is 36.3 Å². The first-order valence-corrected chi connectivity index (χ1v) is 8.56. The van der Waals surface area contributed by atoms with Gasteiger partial charge in [0.05, 0.1) is 10.5 Å².